The molecule has 4 nitrogen and oxygen atoms in total. The fraction of sp³-hybridized carbons (Fsp3) is 0.500. The van der Waals surface area contributed by atoms with Gasteiger partial charge in [0, 0.05) is 26.3 Å². The number of likely N-dealkylation sites (N-methyl/N-ethyl adjacent to an activating group) is 2. The largest absolute Gasteiger partial charge is 0.389 e. The minimum absolute atomic E-state index is 0.0800. The van der Waals surface area contributed by atoms with Crippen LogP contribution in [-0.4, -0.2) is 43.1 Å². The molecule has 4 heteroatoms. The minimum Gasteiger partial charge on any atom is -0.389 e. The number of aliphatic hydroxyl groups is 1. The van der Waals surface area contributed by atoms with E-state index in [1.54, 1.807) is 25.9 Å². The first kappa shape index (κ1) is 14.5. The van der Waals surface area contributed by atoms with Crippen molar-refractivity contribution in [2.75, 3.05) is 32.1 Å². The Morgan fingerprint density at radius 1 is 1.28 bits per heavy atom. The number of rotatable bonds is 5. The molecule has 0 fully saturated rings. The molecule has 1 aromatic carbocycles. The Morgan fingerprint density at radius 2 is 1.83 bits per heavy atom. The van der Waals surface area contributed by atoms with E-state index < -0.39 is 6.10 Å². The summed E-state index contributed by atoms with van der Waals surface area (Å²) in [6.07, 6.45) is -0.461. The van der Waals surface area contributed by atoms with Crippen molar-refractivity contribution < 1.29 is 9.90 Å². The highest BCUT2D eigenvalue weighted by Crippen LogP contribution is 2.18. The molecule has 0 aliphatic carbocycles. The Kier molecular flexibility index (Phi) is 5.16. The second kappa shape index (κ2) is 6.40. The number of benzene rings is 1. The molecule has 0 radical (unpaired) electrons. The zero-order chi connectivity index (χ0) is 13.7. The number of carbonyl (C=O) groups excluding carboxylic acids is 1. The van der Waals surface area contributed by atoms with Crippen LogP contribution in [0.15, 0.2) is 24.3 Å². The summed E-state index contributed by atoms with van der Waals surface area (Å²) in [5, 5.41) is 9.45. The van der Waals surface area contributed by atoms with Crippen LogP contribution in [0.5, 0.6) is 0 Å². The van der Waals surface area contributed by atoms with Crippen LogP contribution in [0, 0.1) is 0 Å². The first-order chi connectivity index (χ1) is 8.45. The van der Waals surface area contributed by atoms with Crippen LogP contribution in [-0.2, 0) is 4.79 Å². The van der Waals surface area contributed by atoms with Gasteiger partial charge in [-0.3, -0.25) is 4.79 Å². The molecule has 0 aliphatic rings. The molecule has 100 valence electrons. The van der Waals surface area contributed by atoms with Crippen LogP contribution < -0.4 is 4.90 Å². The highest BCUT2D eigenvalue weighted by atomic mass is 16.3. The molecule has 0 unspecified atom stereocenters. The van der Waals surface area contributed by atoms with E-state index in [0.717, 1.165) is 17.8 Å². The Morgan fingerprint density at radius 3 is 2.22 bits per heavy atom. The summed E-state index contributed by atoms with van der Waals surface area (Å²) in [5.41, 5.74) is 1.88. The molecule has 1 aromatic rings. The number of hydrogen-bond acceptors (Lipinski definition) is 3. The molecule has 0 heterocycles. The molecule has 1 N–H and O–H groups in total. The summed E-state index contributed by atoms with van der Waals surface area (Å²) >= 11 is 0. The van der Waals surface area contributed by atoms with Crippen molar-refractivity contribution in [1.82, 2.24) is 4.90 Å². The average Bonchev–Trinajstić information content (AvgIpc) is 2.35. The van der Waals surface area contributed by atoms with Crippen LogP contribution in [0.25, 0.3) is 0 Å². The number of hydrogen-bond donors (Lipinski definition) is 1. The van der Waals surface area contributed by atoms with Crippen molar-refractivity contribution in [1.29, 1.82) is 0 Å². The first-order valence-electron chi connectivity index (χ1n) is 6.18. The first-order valence-corrected chi connectivity index (χ1v) is 6.18. The van der Waals surface area contributed by atoms with Gasteiger partial charge in [-0.25, -0.2) is 0 Å². The van der Waals surface area contributed by atoms with Gasteiger partial charge in [-0.15, -0.1) is 0 Å². The number of nitrogens with zero attached hydrogens (tertiary/aromatic N) is 2. The molecule has 0 saturated carbocycles. The van der Waals surface area contributed by atoms with E-state index in [1.807, 2.05) is 36.1 Å². The van der Waals surface area contributed by atoms with E-state index in [-0.39, 0.29) is 5.91 Å². The van der Waals surface area contributed by atoms with Crippen molar-refractivity contribution in [3.05, 3.63) is 29.8 Å². The van der Waals surface area contributed by atoms with Gasteiger partial charge in [-0.05, 0) is 31.5 Å². The van der Waals surface area contributed by atoms with Crippen LogP contribution in [0.4, 0.5) is 5.69 Å². The maximum atomic E-state index is 11.7. The number of amides is 1. The summed E-state index contributed by atoms with van der Waals surface area (Å²) in [6.45, 7) is 4.90. The molecular weight excluding hydrogens is 228 g/mol. The van der Waals surface area contributed by atoms with Gasteiger partial charge in [-0.1, -0.05) is 12.1 Å². The van der Waals surface area contributed by atoms with E-state index in [4.69, 9.17) is 0 Å². The van der Waals surface area contributed by atoms with Gasteiger partial charge in [0.25, 0.3) is 0 Å². The maximum Gasteiger partial charge on any atom is 0.241 e. The summed E-state index contributed by atoms with van der Waals surface area (Å²) in [5.74, 6) is 0.0800. The van der Waals surface area contributed by atoms with Crippen molar-refractivity contribution in [2.45, 2.75) is 20.0 Å². The van der Waals surface area contributed by atoms with Gasteiger partial charge in [0.05, 0.1) is 12.6 Å². The van der Waals surface area contributed by atoms with Crippen molar-refractivity contribution >= 4 is 11.6 Å². The Labute approximate surface area is 109 Å². The minimum atomic E-state index is -0.461. The predicted octanol–water partition coefficient (Wildman–Crippen LogP) is 1.65. The third-order valence-corrected chi connectivity index (χ3v) is 2.95. The fourth-order valence-corrected chi connectivity index (χ4v) is 1.65. The van der Waals surface area contributed by atoms with Crippen LogP contribution in [0.3, 0.4) is 0 Å². The second-order valence-corrected chi connectivity index (χ2v) is 4.57. The monoisotopic (exact) mass is 250 g/mol. The molecule has 0 spiro atoms. The van der Waals surface area contributed by atoms with Crippen molar-refractivity contribution in [3.63, 3.8) is 0 Å². The molecule has 18 heavy (non-hydrogen) atoms. The topological polar surface area (TPSA) is 43.8 Å². The second-order valence-electron chi connectivity index (χ2n) is 4.57. The maximum absolute atomic E-state index is 11.7. The van der Waals surface area contributed by atoms with Gasteiger partial charge in [-0.2, -0.15) is 0 Å². The lowest BCUT2D eigenvalue weighted by Gasteiger charge is -2.24. The smallest absolute Gasteiger partial charge is 0.241 e. The summed E-state index contributed by atoms with van der Waals surface area (Å²) < 4.78 is 0. The van der Waals surface area contributed by atoms with Gasteiger partial charge in [0.15, 0.2) is 0 Å². The molecular formula is C14H22N2O2. The predicted molar refractivity (Wildman–Crippen MR) is 73.7 cm³/mol. The van der Waals surface area contributed by atoms with Gasteiger partial charge < -0.3 is 14.9 Å². The average molecular weight is 250 g/mol. The summed E-state index contributed by atoms with van der Waals surface area (Å²) in [6, 6.07) is 7.66. The lowest BCUT2D eigenvalue weighted by Crippen LogP contribution is -2.36. The van der Waals surface area contributed by atoms with E-state index >= 15 is 0 Å². The molecule has 1 atom stereocenters. The van der Waals surface area contributed by atoms with Crippen molar-refractivity contribution in [3.8, 4) is 0 Å². The summed E-state index contributed by atoms with van der Waals surface area (Å²) in [7, 11) is 3.51. The third-order valence-electron chi connectivity index (χ3n) is 2.95. The van der Waals surface area contributed by atoms with Gasteiger partial charge >= 0.3 is 0 Å². The van der Waals surface area contributed by atoms with Gasteiger partial charge in [0.2, 0.25) is 5.91 Å². The molecule has 0 saturated heterocycles. The Balaban J connectivity index is 2.79. The fourth-order valence-electron chi connectivity index (χ4n) is 1.65. The zero-order valence-corrected chi connectivity index (χ0v) is 11.6. The third kappa shape index (κ3) is 3.74. The van der Waals surface area contributed by atoms with Crippen LogP contribution in [0.1, 0.15) is 25.5 Å². The number of anilines is 1. The standard InChI is InChI=1S/C14H22N2O2/c1-5-16(10-14(18)15(3)4)13-8-6-12(7-9-13)11(2)17/h6-9,11,17H,5,10H2,1-4H3/t11-/m0/s1. The number of aliphatic hydroxyl groups excluding tert-OH is 1. The molecule has 1 amide bonds. The highest BCUT2D eigenvalue weighted by molar-refractivity contribution is 5.81. The zero-order valence-electron chi connectivity index (χ0n) is 11.6. The molecule has 1 rings (SSSR count). The van der Waals surface area contributed by atoms with Crippen molar-refractivity contribution in [2.24, 2.45) is 0 Å². The van der Waals surface area contributed by atoms with E-state index in [0.29, 0.717) is 6.54 Å². The normalized spacial score (nSPS) is 12.1. The molecule has 0 aromatic heterocycles. The van der Waals surface area contributed by atoms with E-state index in [9.17, 15) is 9.90 Å². The van der Waals surface area contributed by atoms with E-state index in [1.165, 1.54) is 0 Å². The summed E-state index contributed by atoms with van der Waals surface area (Å²) in [4.78, 5) is 15.3. The SMILES string of the molecule is CCN(CC(=O)N(C)C)c1ccc([C@H](C)O)cc1. The Bertz CT molecular complexity index is 385. The molecule has 0 aliphatic heterocycles. The highest BCUT2D eigenvalue weighted by Gasteiger charge is 2.11. The lowest BCUT2D eigenvalue weighted by atomic mass is 10.1. The Hall–Kier alpha value is -1.55. The van der Waals surface area contributed by atoms with E-state index in [2.05, 4.69) is 0 Å². The van der Waals surface area contributed by atoms with Crippen LogP contribution >= 0.6 is 0 Å². The number of carbonyl (C=O) groups is 1. The molecule has 0 bridgehead atoms. The lowest BCUT2D eigenvalue weighted by molar-refractivity contribution is -0.127. The quantitative estimate of drug-likeness (QED) is 0.864. The van der Waals surface area contributed by atoms with Crippen LogP contribution in [0.2, 0.25) is 0 Å². The van der Waals surface area contributed by atoms with Gasteiger partial charge in [0.1, 0.15) is 0 Å².